The summed E-state index contributed by atoms with van der Waals surface area (Å²) in [4.78, 5) is 22.4. The minimum absolute atomic E-state index is 0.124. The molecule has 2 N–H and O–H groups in total. The number of carbonyl (C=O) groups excluding carboxylic acids is 1. The molecule has 31 heavy (non-hydrogen) atoms. The summed E-state index contributed by atoms with van der Waals surface area (Å²) in [6, 6.07) is 14.5. The highest BCUT2D eigenvalue weighted by molar-refractivity contribution is 5.94. The zero-order valence-corrected chi connectivity index (χ0v) is 17.6. The molecule has 1 aliphatic carbocycles. The van der Waals surface area contributed by atoms with Crippen LogP contribution in [0.15, 0.2) is 42.5 Å². The molecular formula is C24H26FN5O. The Morgan fingerprint density at radius 1 is 1.32 bits per heavy atom. The minimum atomic E-state index is -0.357. The van der Waals surface area contributed by atoms with Gasteiger partial charge in [-0.05, 0) is 68.5 Å². The van der Waals surface area contributed by atoms with Crippen LogP contribution in [0.1, 0.15) is 54.4 Å². The summed E-state index contributed by atoms with van der Waals surface area (Å²) < 4.78 is 13.5. The van der Waals surface area contributed by atoms with Crippen LogP contribution in [0.4, 0.5) is 4.39 Å². The minimum Gasteiger partial charge on any atom is -0.334 e. The standard InChI is InChI=1S/C24H26FN5O/c1-2-30(24(31)23-28-21-10-9-18(25)12-22(21)29-23)20-8-4-7-19(13-20)27-15-17-6-3-5-16(11-17)14-26/h3,5-6,9-12,19-20,27H,2,4,7-8,13,15H2,1H3,(H,28,29). The van der Waals surface area contributed by atoms with E-state index in [2.05, 4.69) is 21.4 Å². The maximum absolute atomic E-state index is 13.5. The largest absolute Gasteiger partial charge is 0.334 e. The van der Waals surface area contributed by atoms with Gasteiger partial charge in [0.1, 0.15) is 5.82 Å². The monoisotopic (exact) mass is 419 g/mol. The molecule has 1 aromatic heterocycles. The Labute approximate surface area is 181 Å². The normalized spacial score (nSPS) is 18.6. The van der Waals surface area contributed by atoms with Gasteiger partial charge in [0, 0.05) is 25.2 Å². The van der Waals surface area contributed by atoms with Gasteiger partial charge < -0.3 is 15.2 Å². The highest BCUT2D eigenvalue weighted by Crippen LogP contribution is 2.25. The molecule has 0 spiro atoms. The molecule has 0 radical (unpaired) electrons. The predicted molar refractivity (Wildman–Crippen MR) is 117 cm³/mol. The third kappa shape index (κ3) is 4.75. The van der Waals surface area contributed by atoms with E-state index < -0.39 is 0 Å². The van der Waals surface area contributed by atoms with Gasteiger partial charge >= 0.3 is 0 Å². The maximum Gasteiger partial charge on any atom is 0.289 e. The van der Waals surface area contributed by atoms with Crippen molar-refractivity contribution in [3.8, 4) is 6.07 Å². The third-order valence-corrected chi connectivity index (χ3v) is 5.99. The van der Waals surface area contributed by atoms with E-state index >= 15 is 0 Å². The van der Waals surface area contributed by atoms with Gasteiger partial charge in [0.05, 0.1) is 22.7 Å². The number of nitrogens with zero attached hydrogens (tertiary/aromatic N) is 3. The second-order valence-electron chi connectivity index (χ2n) is 8.05. The molecule has 1 aliphatic rings. The summed E-state index contributed by atoms with van der Waals surface area (Å²) in [7, 11) is 0. The first-order valence-electron chi connectivity index (χ1n) is 10.8. The number of nitriles is 1. The average Bonchev–Trinajstić information content (AvgIpc) is 3.22. The first-order valence-corrected chi connectivity index (χ1v) is 10.8. The van der Waals surface area contributed by atoms with E-state index in [4.69, 9.17) is 5.26 Å². The molecule has 160 valence electrons. The molecule has 2 atom stereocenters. The molecule has 2 aromatic carbocycles. The number of rotatable bonds is 6. The number of amides is 1. The first kappa shape index (κ1) is 21.0. The SMILES string of the molecule is CCN(C(=O)c1nc2ccc(F)cc2[nH]1)C1CCCC(NCc2cccc(C#N)c2)C1. The van der Waals surface area contributed by atoms with Gasteiger partial charge in [-0.15, -0.1) is 0 Å². The number of H-pyrrole nitrogens is 1. The number of imidazole rings is 1. The molecule has 3 aromatic rings. The number of aromatic amines is 1. The fourth-order valence-corrected chi connectivity index (χ4v) is 4.43. The molecule has 7 heteroatoms. The van der Waals surface area contributed by atoms with Crippen LogP contribution >= 0.6 is 0 Å². The van der Waals surface area contributed by atoms with Crippen LogP contribution in [-0.4, -0.2) is 39.4 Å². The van der Waals surface area contributed by atoms with Gasteiger partial charge in [0.25, 0.3) is 5.91 Å². The molecule has 2 unspecified atom stereocenters. The topological polar surface area (TPSA) is 84.8 Å². The molecule has 1 fully saturated rings. The zero-order chi connectivity index (χ0) is 21.8. The number of halogens is 1. The lowest BCUT2D eigenvalue weighted by atomic mass is 9.89. The summed E-state index contributed by atoms with van der Waals surface area (Å²) in [6.07, 6.45) is 3.92. The molecule has 1 saturated carbocycles. The van der Waals surface area contributed by atoms with E-state index in [9.17, 15) is 9.18 Å². The molecule has 0 aliphatic heterocycles. The van der Waals surface area contributed by atoms with Crippen molar-refractivity contribution < 1.29 is 9.18 Å². The predicted octanol–water partition coefficient (Wildman–Crippen LogP) is 4.14. The second kappa shape index (κ2) is 9.27. The van der Waals surface area contributed by atoms with Gasteiger partial charge in [-0.2, -0.15) is 5.26 Å². The van der Waals surface area contributed by atoms with E-state index in [-0.39, 0.29) is 23.6 Å². The Morgan fingerprint density at radius 3 is 3.00 bits per heavy atom. The Bertz CT molecular complexity index is 1120. The van der Waals surface area contributed by atoms with Crippen molar-refractivity contribution in [1.29, 1.82) is 5.26 Å². The van der Waals surface area contributed by atoms with Gasteiger partial charge in [-0.1, -0.05) is 12.1 Å². The van der Waals surface area contributed by atoms with Crippen molar-refractivity contribution in [2.75, 3.05) is 6.54 Å². The van der Waals surface area contributed by atoms with Crippen molar-refractivity contribution in [2.24, 2.45) is 0 Å². The summed E-state index contributed by atoms with van der Waals surface area (Å²) >= 11 is 0. The van der Waals surface area contributed by atoms with E-state index in [0.717, 1.165) is 31.2 Å². The lowest BCUT2D eigenvalue weighted by Crippen LogP contribution is -2.47. The van der Waals surface area contributed by atoms with Crippen LogP contribution in [0.25, 0.3) is 11.0 Å². The summed E-state index contributed by atoms with van der Waals surface area (Å²) in [5, 5.41) is 12.7. The highest BCUT2D eigenvalue weighted by atomic mass is 19.1. The van der Waals surface area contributed by atoms with Crippen LogP contribution in [0.2, 0.25) is 0 Å². The number of carbonyl (C=O) groups is 1. The van der Waals surface area contributed by atoms with E-state index in [1.807, 2.05) is 30.0 Å². The first-order chi connectivity index (χ1) is 15.1. The summed E-state index contributed by atoms with van der Waals surface area (Å²) in [6.45, 7) is 3.26. The van der Waals surface area contributed by atoms with Crippen LogP contribution in [0.5, 0.6) is 0 Å². The molecular weight excluding hydrogens is 393 g/mol. The third-order valence-electron chi connectivity index (χ3n) is 5.99. The van der Waals surface area contributed by atoms with Gasteiger partial charge in [0.2, 0.25) is 0 Å². The van der Waals surface area contributed by atoms with Crippen LogP contribution in [-0.2, 0) is 6.54 Å². The van der Waals surface area contributed by atoms with E-state index in [0.29, 0.717) is 35.7 Å². The zero-order valence-electron chi connectivity index (χ0n) is 17.6. The Balaban J connectivity index is 1.42. The van der Waals surface area contributed by atoms with Crippen LogP contribution in [0, 0.1) is 17.1 Å². The second-order valence-corrected chi connectivity index (χ2v) is 8.05. The molecule has 1 amide bonds. The average molecular weight is 420 g/mol. The fourth-order valence-electron chi connectivity index (χ4n) is 4.43. The number of benzene rings is 2. The lowest BCUT2D eigenvalue weighted by Gasteiger charge is -2.37. The van der Waals surface area contributed by atoms with Crippen molar-refractivity contribution in [2.45, 2.75) is 51.2 Å². The summed E-state index contributed by atoms with van der Waals surface area (Å²) in [5.74, 6) is -0.249. The van der Waals surface area contributed by atoms with Gasteiger partial charge in [-0.3, -0.25) is 4.79 Å². The molecule has 6 nitrogen and oxygen atoms in total. The maximum atomic E-state index is 13.5. The van der Waals surface area contributed by atoms with E-state index in [1.165, 1.54) is 12.1 Å². The number of hydrogen-bond acceptors (Lipinski definition) is 4. The van der Waals surface area contributed by atoms with E-state index in [1.54, 1.807) is 12.1 Å². The van der Waals surface area contributed by atoms with Crippen molar-refractivity contribution in [1.82, 2.24) is 20.2 Å². The van der Waals surface area contributed by atoms with Crippen molar-refractivity contribution >= 4 is 16.9 Å². The highest BCUT2D eigenvalue weighted by Gasteiger charge is 2.30. The lowest BCUT2D eigenvalue weighted by molar-refractivity contribution is 0.0617. The molecule has 4 rings (SSSR count). The van der Waals surface area contributed by atoms with Crippen molar-refractivity contribution in [3.63, 3.8) is 0 Å². The summed E-state index contributed by atoms with van der Waals surface area (Å²) in [5.41, 5.74) is 2.86. The fraction of sp³-hybridized carbons (Fsp3) is 0.375. The smallest absolute Gasteiger partial charge is 0.289 e. The molecule has 1 heterocycles. The number of hydrogen-bond donors (Lipinski definition) is 2. The Morgan fingerprint density at radius 2 is 2.19 bits per heavy atom. The molecule has 0 saturated heterocycles. The van der Waals surface area contributed by atoms with Crippen LogP contribution in [0.3, 0.4) is 0 Å². The van der Waals surface area contributed by atoms with Crippen LogP contribution < -0.4 is 5.32 Å². The Kier molecular flexibility index (Phi) is 6.28. The van der Waals surface area contributed by atoms with Crippen molar-refractivity contribution in [3.05, 3.63) is 65.2 Å². The number of fused-ring (bicyclic) bond motifs is 1. The number of aromatic nitrogens is 2. The quantitative estimate of drug-likeness (QED) is 0.629. The van der Waals surface area contributed by atoms with Gasteiger partial charge in [0.15, 0.2) is 5.82 Å². The number of nitrogens with one attached hydrogen (secondary N) is 2. The molecule has 0 bridgehead atoms. The van der Waals surface area contributed by atoms with Gasteiger partial charge in [-0.25, -0.2) is 9.37 Å². The Hall–Kier alpha value is -3.24.